The van der Waals surface area contributed by atoms with Crippen LogP contribution in [0.3, 0.4) is 0 Å². The molecule has 4 nitrogen and oxygen atoms in total. The van der Waals surface area contributed by atoms with Crippen LogP contribution in [0.15, 0.2) is 18.2 Å². The highest BCUT2D eigenvalue weighted by Gasteiger charge is 2.22. The first-order valence-corrected chi connectivity index (χ1v) is 5.50. The smallest absolute Gasteiger partial charge is 0.280 e. The molecule has 1 fully saturated rings. The number of halogens is 1. The number of nitrogens with zero attached hydrogens (tertiary/aromatic N) is 1. The maximum Gasteiger partial charge on any atom is 0.280 e. The van der Waals surface area contributed by atoms with Gasteiger partial charge in [0.2, 0.25) is 0 Å². The number of amides is 1. The van der Waals surface area contributed by atoms with Crippen molar-refractivity contribution in [1.82, 2.24) is 5.06 Å². The number of benzene rings is 1. The average Bonchev–Trinajstić information content (AvgIpc) is 2.39. The van der Waals surface area contributed by atoms with Gasteiger partial charge in [0.1, 0.15) is 11.6 Å². The van der Waals surface area contributed by atoms with E-state index in [1.165, 1.54) is 24.3 Å². The lowest BCUT2D eigenvalue weighted by molar-refractivity contribution is -0.144. The Bertz CT molecular complexity index is 416. The van der Waals surface area contributed by atoms with Crippen LogP contribution < -0.4 is 4.74 Å². The number of methoxy groups -OCH3 is 1. The SMILES string of the molecule is COc1ccc(C(=O)N2CCCCO2)c(F)c1. The van der Waals surface area contributed by atoms with Crippen molar-refractivity contribution in [1.29, 1.82) is 0 Å². The van der Waals surface area contributed by atoms with Crippen molar-refractivity contribution in [2.45, 2.75) is 12.8 Å². The van der Waals surface area contributed by atoms with E-state index in [0.29, 0.717) is 18.9 Å². The quantitative estimate of drug-likeness (QED) is 0.792. The molecule has 2 rings (SSSR count). The van der Waals surface area contributed by atoms with E-state index in [1.807, 2.05) is 0 Å². The van der Waals surface area contributed by atoms with E-state index in [4.69, 9.17) is 9.57 Å². The summed E-state index contributed by atoms with van der Waals surface area (Å²) in [7, 11) is 1.45. The highest BCUT2D eigenvalue weighted by Crippen LogP contribution is 2.19. The molecule has 0 aromatic heterocycles. The Hall–Kier alpha value is -1.62. The number of ether oxygens (including phenoxy) is 1. The van der Waals surface area contributed by atoms with Gasteiger partial charge in [-0.15, -0.1) is 0 Å². The fraction of sp³-hybridized carbons (Fsp3) is 0.417. The molecule has 0 radical (unpaired) electrons. The van der Waals surface area contributed by atoms with Gasteiger partial charge in [-0.25, -0.2) is 9.45 Å². The zero-order chi connectivity index (χ0) is 12.3. The van der Waals surface area contributed by atoms with Crippen molar-refractivity contribution in [3.63, 3.8) is 0 Å². The predicted molar refractivity (Wildman–Crippen MR) is 59.2 cm³/mol. The summed E-state index contributed by atoms with van der Waals surface area (Å²) in [6.45, 7) is 1.01. The van der Waals surface area contributed by atoms with Gasteiger partial charge >= 0.3 is 0 Å². The van der Waals surface area contributed by atoms with Crippen molar-refractivity contribution in [3.05, 3.63) is 29.6 Å². The lowest BCUT2D eigenvalue weighted by atomic mass is 10.1. The van der Waals surface area contributed by atoms with Gasteiger partial charge in [0, 0.05) is 12.6 Å². The molecule has 0 N–H and O–H groups in total. The topological polar surface area (TPSA) is 38.8 Å². The molecular weight excluding hydrogens is 225 g/mol. The van der Waals surface area contributed by atoms with Crippen LogP contribution >= 0.6 is 0 Å². The number of carbonyl (C=O) groups excluding carboxylic acids is 1. The van der Waals surface area contributed by atoms with Gasteiger partial charge in [0.05, 0.1) is 19.3 Å². The van der Waals surface area contributed by atoms with E-state index in [1.54, 1.807) is 6.07 Å². The zero-order valence-corrected chi connectivity index (χ0v) is 9.61. The second-order valence-electron chi connectivity index (χ2n) is 3.79. The van der Waals surface area contributed by atoms with Crippen molar-refractivity contribution >= 4 is 5.91 Å². The normalized spacial score (nSPS) is 15.8. The molecule has 0 spiro atoms. The fourth-order valence-corrected chi connectivity index (χ4v) is 1.69. The minimum absolute atomic E-state index is 0.00713. The van der Waals surface area contributed by atoms with Crippen molar-refractivity contribution in [2.75, 3.05) is 20.3 Å². The van der Waals surface area contributed by atoms with Gasteiger partial charge in [-0.3, -0.25) is 9.63 Å². The van der Waals surface area contributed by atoms with Crippen LogP contribution in [0, 0.1) is 5.82 Å². The molecule has 5 heteroatoms. The monoisotopic (exact) mass is 239 g/mol. The number of hydrogen-bond acceptors (Lipinski definition) is 3. The van der Waals surface area contributed by atoms with Crippen molar-refractivity contribution in [2.24, 2.45) is 0 Å². The Balaban J connectivity index is 2.18. The molecule has 0 bridgehead atoms. The largest absolute Gasteiger partial charge is 0.497 e. The van der Waals surface area contributed by atoms with E-state index in [9.17, 15) is 9.18 Å². The highest BCUT2D eigenvalue weighted by molar-refractivity contribution is 5.94. The third-order valence-corrected chi connectivity index (χ3v) is 2.64. The first-order valence-electron chi connectivity index (χ1n) is 5.50. The maximum atomic E-state index is 13.7. The Morgan fingerprint density at radius 1 is 1.47 bits per heavy atom. The molecule has 1 amide bonds. The summed E-state index contributed by atoms with van der Waals surface area (Å²) in [5, 5.41) is 1.22. The number of hydroxylamine groups is 2. The van der Waals surface area contributed by atoms with E-state index in [-0.39, 0.29) is 5.56 Å². The minimum Gasteiger partial charge on any atom is -0.497 e. The Kier molecular flexibility index (Phi) is 3.58. The van der Waals surface area contributed by atoms with Crippen LogP contribution in [0.1, 0.15) is 23.2 Å². The molecule has 1 aromatic carbocycles. The summed E-state index contributed by atoms with van der Waals surface area (Å²) in [4.78, 5) is 17.1. The highest BCUT2D eigenvalue weighted by atomic mass is 19.1. The van der Waals surface area contributed by atoms with Gasteiger partial charge in [-0.05, 0) is 25.0 Å². The molecule has 0 atom stereocenters. The molecule has 0 aliphatic carbocycles. The first kappa shape index (κ1) is 11.9. The van der Waals surface area contributed by atoms with Gasteiger partial charge in [0.25, 0.3) is 5.91 Å². The molecule has 1 aliphatic heterocycles. The molecule has 1 aliphatic rings. The fourth-order valence-electron chi connectivity index (χ4n) is 1.69. The second-order valence-corrected chi connectivity index (χ2v) is 3.79. The summed E-state index contributed by atoms with van der Waals surface area (Å²) in [6, 6.07) is 4.16. The van der Waals surface area contributed by atoms with Crippen LogP contribution in [-0.2, 0) is 4.84 Å². The van der Waals surface area contributed by atoms with Gasteiger partial charge < -0.3 is 4.74 Å². The molecular formula is C12H14FNO3. The molecule has 1 aromatic rings. The maximum absolute atomic E-state index is 13.7. The molecule has 1 heterocycles. The first-order chi connectivity index (χ1) is 8.22. The predicted octanol–water partition coefficient (Wildman–Crippen LogP) is 2.00. The van der Waals surface area contributed by atoms with Crippen LogP contribution in [0.4, 0.5) is 4.39 Å². The zero-order valence-electron chi connectivity index (χ0n) is 9.61. The number of carbonyl (C=O) groups is 1. The average molecular weight is 239 g/mol. The molecule has 0 unspecified atom stereocenters. The van der Waals surface area contributed by atoms with E-state index >= 15 is 0 Å². The van der Waals surface area contributed by atoms with E-state index in [2.05, 4.69) is 0 Å². The lowest BCUT2D eigenvalue weighted by Crippen LogP contribution is -2.36. The van der Waals surface area contributed by atoms with Crippen molar-refractivity contribution in [3.8, 4) is 5.75 Å². The van der Waals surface area contributed by atoms with E-state index < -0.39 is 11.7 Å². The third-order valence-electron chi connectivity index (χ3n) is 2.64. The van der Waals surface area contributed by atoms with Gasteiger partial charge in [-0.1, -0.05) is 0 Å². The molecule has 1 saturated heterocycles. The number of hydrogen-bond donors (Lipinski definition) is 0. The Morgan fingerprint density at radius 2 is 2.29 bits per heavy atom. The standard InChI is InChI=1S/C12H14FNO3/c1-16-9-4-5-10(11(13)8-9)12(15)14-6-2-3-7-17-14/h4-5,8H,2-3,6-7H2,1H3. The summed E-state index contributed by atoms with van der Waals surface area (Å²) >= 11 is 0. The Labute approximate surface area is 98.9 Å². The van der Waals surface area contributed by atoms with Crippen LogP contribution in [0.2, 0.25) is 0 Å². The lowest BCUT2D eigenvalue weighted by Gasteiger charge is -2.25. The minimum atomic E-state index is -0.594. The molecule has 0 saturated carbocycles. The van der Waals surface area contributed by atoms with Crippen LogP contribution in [0.5, 0.6) is 5.75 Å². The van der Waals surface area contributed by atoms with Crippen LogP contribution in [0.25, 0.3) is 0 Å². The van der Waals surface area contributed by atoms with Crippen molar-refractivity contribution < 1.29 is 18.8 Å². The summed E-state index contributed by atoms with van der Waals surface area (Å²) < 4.78 is 18.5. The molecule has 92 valence electrons. The summed E-state index contributed by atoms with van der Waals surface area (Å²) in [5.74, 6) is -0.646. The Morgan fingerprint density at radius 3 is 2.88 bits per heavy atom. The molecule has 17 heavy (non-hydrogen) atoms. The number of rotatable bonds is 2. The van der Waals surface area contributed by atoms with Gasteiger partial charge in [-0.2, -0.15) is 0 Å². The summed E-state index contributed by atoms with van der Waals surface area (Å²) in [5.41, 5.74) is 0.00713. The third kappa shape index (κ3) is 2.55. The summed E-state index contributed by atoms with van der Waals surface area (Å²) in [6.07, 6.45) is 1.80. The van der Waals surface area contributed by atoms with E-state index in [0.717, 1.165) is 12.8 Å². The second kappa shape index (κ2) is 5.14. The van der Waals surface area contributed by atoms with Crippen LogP contribution in [-0.4, -0.2) is 31.2 Å². The van der Waals surface area contributed by atoms with Gasteiger partial charge in [0.15, 0.2) is 0 Å².